The second-order valence-electron chi connectivity index (χ2n) is 5.03. The van der Waals surface area contributed by atoms with Crippen molar-refractivity contribution in [3.63, 3.8) is 0 Å². The minimum atomic E-state index is -0.522. The van der Waals surface area contributed by atoms with Gasteiger partial charge in [-0.15, -0.1) is 0 Å². The number of hydrogen-bond acceptors (Lipinski definition) is 3. The molecule has 0 bridgehead atoms. The zero-order valence-electron chi connectivity index (χ0n) is 11.9. The number of esters is 1. The molecule has 3 heteroatoms. The highest BCUT2D eigenvalue weighted by Gasteiger charge is 2.35. The first-order valence-electron chi connectivity index (χ1n) is 6.81. The maximum absolute atomic E-state index is 12.4. The molecule has 1 aliphatic rings. The molecule has 2 rings (SSSR count). The van der Waals surface area contributed by atoms with E-state index in [0.29, 0.717) is 11.3 Å². The highest BCUT2D eigenvalue weighted by atomic mass is 16.6. The molecule has 1 fully saturated rings. The molecule has 1 saturated carbocycles. The van der Waals surface area contributed by atoms with Crippen LogP contribution in [0.1, 0.15) is 41.6 Å². The van der Waals surface area contributed by atoms with Crippen molar-refractivity contribution in [2.75, 3.05) is 7.11 Å². The Morgan fingerprint density at radius 2 is 2.00 bits per heavy atom. The summed E-state index contributed by atoms with van der Waals surface area (Å²) in [4.78, 5) is 12.4. The van der Waals surface area contributed by atoms with E-state index in [2.05, 4.69) is 13.2 Å². The quantitative estimate of drug-likeness (QED) is 0.600. The van der Waals surface area contributed by atoms with Crippen LogP contribution in [0, 0.1) is 0 Å². The Labute approximate surface area is 119 Å². The predicted molar refractivity (Wildman–Crippen MR) is 79.9 cm³/mol. The fraction of sp³-hybridized carbons (Fsp3) is 0.353. The normalized spacial score (nSPS) is 16.4. The van der Waals surface area contributed by atoms with Crippen molar-refractivity contribution in [3.8, 4) is 5.75 Å². The third-order valence-corrected chi connectivity index (χ3v) is 3.80. The van der Waals surface area contributed by atoms with Crippen molar-refractivity contribution in [1.29, 1.82) is 0 Å². The van der Waals surface area contributed by atoms with Crippen molar-refractivity contribution in [2.24, 2.45) is 0 Å². The molecule has 106 valence electrons. The minimum absolute atomic E-state index is 0.368. The molecule has 0 N–H and O–H groups in total. The maximum atomic E-state index is 12.4. The van der Waals surface area contributed by atoms with E-state index in [1.54, 1.807) is 31.4 Å². The maximum Gasteiger partial charge on any atom is 0.342 e. The van der Waals surface area contributed by atoms with E-state index in [4.69, 9.17) is 9.47 Å². The van der Waals surface area contributed by atoms with Crippen LogP contribution >= 0.6 is 0 Å². The molecule has 0 saturated heterocycles. The summed E-state index contributed by atoms with van der Waals surface area (Å²) in [5, 5.41) is 0. The van der Waals surface area contributed by atoms with Gasteiger partial charge in [-0.1, -0.05) is 25.3 Å². The van der Waals surface area contributed by atoms with Gasteiger partial charge in [0.25, 0.3) is 0 Å². The fourth-order valence-corrected chi connectivity index (χ4v) is 2.57. The molecule has 3 nitrogen and oxygen atoms in total. The molecule has 0 spiro atoms. The highest BCUT2D eigenvalue weighted by Crippen LogP contribution is 2.35. The third-order valence-electron chi connectivity index (χ3n) is 3.80. The Bertz CT molecular complexity index is 525. The van der Waals surface area contributed by atoms with E-state index < -0.39 is 5.60 Å². The summed E-state index contributed by atoms with van der Waals surface area (Å²) in [5.41, 5.74) is 0.765. The molecule has 0 atom stereocenters. The lowest BCUT2D eigenvalue weighted by Gasteiger charge is -2.25. The summed E-state index contributed by atoms with van der Waals surface area (Å²) in [6.45, 7) is 7.52. The lowest BCUT2D eigenvalue weighted by atomic mass is 10.0. The first-order chi connectivity index (χ1) is 9.64. The van der Waals surface area contributed by atoms with Gasteiger partial charge in [-0.05, 0) is 49.5 Å². The zero-order valence-corrected chi connectivity index (χ0v) is 11.9. The molecule has 0 aliphatic heterocycles. The summed E-state index contributed by atoms with van der Waals surface area (Å²) in [6, 6.07) is 5.34. The van der Waals surface area contributed by atoms with Gasteiger partial charge in [-0.25, -0.2) is 4.79 Å². The molecule has 20 heavy (non-hydrogen) atoms. The number of carbonyl (C=O) groups is 1. The monoisotopic (exact) mass is 272 g/mol. The van der Waals surface area contributed by atoms with Crippen LogP contribution in [0.4, 0.5) is 0 Å². The number of carbonyl (C=O) groups excluding carboxylic acids is 1. The predicted octanol–water partition coefficient (Wildman–Crippen LogP) is 3.99. The van der Waals surface area contributed by atoms with Crippen molar-refractivity contribution in [1.82, 2.24) is 0 Å². The summed E-state index contributed by atoms with van der Waals surface area (Å²) in [7, 11) is 1.54. The molecule has 1 aromatic carbocycles. The van der Waals surface area contributed by atoms with Crippen LogP contribution in [-0.2, 0) is 4.74 Å². The zero-order chi connectivity index (χ0) is 14.6. The minimum Gasteiger partial charge on any atom is -0.496 e. The Kier molecular flexibility index (Phi) is 4.28. The van der Waals surface area contributed by atoms with Gasteiger partial charge in [0.2, 0.25) is 0 Å². The van der Waals surface area contributed by atoms with Gasteiger partial charge in [0.1, 0.15) is 16.9 Å². The first-order valence-corrected chi connectivity index (χ1v) is 6.81. The van der Waals surface area contributed by atoms with E-state index in [1.165, 1.54) is 0 Å². The summed E-state index contributed by atoms with van der Waals surface area (Å²) >= 11 is 0. The average molecular weight is 272 g/mol. The standard InChI is InChI=1S/C17H20O3/c1-4-13-8-9-15(19-3)14(12-13)16(18)20-17(5-2)10-6-7-11-17/h4-5,8-9,12H,1-2,6-7,10-11H2,3H3. The van der Waals surface area contributed by atoms with Crippen LogP contribution in [0.5, 0.6) is 5.75 Å². The van der Waals surface area contributed by atoms with Crippen molar-refractivity contribution in [3.05, 3.63) is 48.6 Å². The smallest absolute Gasteiger partial charge is 0.342 e. The summed E-state index contributed by atoms with van der Waals surface area (Å²) in [5.74, 6) is 0.144. The van der Waals surface area contributed by atoms with Gasteiger partial charge in [0.15, 0.2) is 0 Å². The molecule has 0 radical (unpaired) electrons. The molecule has 1 aliphatic carbocycles. The molecular weight excluding hydrogens is 252 g/mol. The number of hydrogen-bond donors (Lipinski definition) is 0. The van der Waals surface area contributed by atoms with Crippen molar-refractivity contribution in [2.45, 2.75) is 31.3 Å². The number of rotatable bonds is 5. The van der Waals surface area contributed by atoms with E-state index >= 15 is 0 Å². The van der Waals surface area contributed by atoms with Crippen LogP contribution in [0.3, 0.4) is 0 Å². The number of benzene rings is 1. The van der Waals surface area contributed by atoms with E-state index in [9.17, 15) is 4.79 Å². The van der Waals surface area contributed by atoms with Crippen molar-refractivity contribution < 1.29 is 14.3 Å². The van der Waals surface area contributed by atoms with Crippen LogP contribution in [0.15, 0.2) is 37.4 Å². The van der Waals surface area contributed by atoms with E-state index in [-0.39, 0.29) is 5.97 Å². The topological polar surface area (TPSA) is 35.5 Å². The third kappa shape index (κ3) is 2.77. The molecular formula is C17H20O3. The average Bonchev–Trinajstić information content (AvgIpc) is 2.95. The highest BCUT2D eigenvalue weighted by molar-refractivity contribution is 5.93. The molecule has 0 unspecified atom stereocenters. The molecule has 0 heterocycles. The largest absolute Gasteiger partial charge is 0.496 e. The molecule has 1 aromatic rings. The van der Waals surface area contributed by atoms with Gasteiger partial charge in [-0.2, -0.15) is 0 Å². The van der Waals surface area contributed by atoms with E-state index in [1.807, 2.05) is 6.07 Å². The van der Waals surface area contributed by atoms with Gasteiger partial charge < -0.3 is 9.47 Å². The van der Waals surface area contributed by atoms with Crippen LogP contribution in [0.2, 0.25) is 0 Å². The van der Waals surface area contributed by atoms with E-state index in [0.717, 1.165) is 31.2 Å². The van der Waals surface area contributed by atoms with Gasteiger partial charge >= 0.3 is 5.97 Å². The fourth-order valence-electron chi connectivity index (χ4n) is 2.57. The lowest BCUT2D eigenvalue weighted by molar-refractivity contribution is 0.00640. The second kappa shape index (κ2) is 5.95. The van der Waals surface area contributed by atoms with Crippen LogP contribution in [-0.4, -0.2) is 18.7 Å². The summed E-state index contributed by atoms with van der Waals surface area (Å²) in [6.07, 6.45) is 7.24. The Hall–Kier alpha value is -2.03. The molecule has 0 amide bonds. The Morgan fingerprint density at radius 1 is 1.30 bits per heavy atom. The second-order valence-corrected chi connectivity index (χ2v) is 5.03. The van der Waals surface area contributed by atoms with Crippen LogP contribution < -0.4 is 4.74 Å². The SMILES string of the molecule is C=Cc1ccc(OC)c(C(=O)OC2(C=C)CCCC2)c1. The van der Waals surface area contributed by atoms with Gasteiger partial charge in [0.05, 0.1) is 7.11 Å². The summed E-state index contributed by atoms with van der Waals surface area (Å²) < 4.78 is 10.9. The van der Waals surface area contributed by atoms with Gasteiger partial charge in [0, 0.05) is 0 Å². The lowest BCUT2D eigenvalue weighted by Crippen LogP contribution is -2.29. The number of ether oxygens (including phenoxy) is 2. The first kappa shape index (κ1) is 14.4. The van der Waals surface area contributed by atoms with Gasteiger partial charge in [-0.3, -0.25) is 0 Å². The molecule has 0 aromatic heterocycles. The Balaban J connectivity index is 2.28. The Morgan fingerprint density at radius 3 is 2.55 bits per heavy atom. The number of methoxy groups -OCH3 is 1. The van der Waals surface area contributed by atoms with Crippen molar-refractivity contribution >= 4 is 12.0 Å². The van der Waals surface area contributed by atoms with Crippen LogP contribution in [0.25, 0.3) is 6.08 Å².